The molecule has 0 radical (unpaired) electrons. The maximum Gasteiger partial charge on any atom is 0.229 e. The van der Waals surface area contributed by atoms with Crippen LogP contribution >= 0.6 is 11.8 Å². The van der Waals surface area contributed by atoms with Gasteiger partial charge in [0.25, 0.3) is 0 Å². The van der Waals surface area contributed by atoms with Crippen molar-refractivity contribution in [2.75, 3.05) is 38.4 Å². The zero-order valence-corrected chi connectivity index (χ0v) is 10.3. The summed E-state index contributed by atoms with van der Waals surface area (Å²) in [5.74, 6) is 1.61. The minimum absolute atomic E-state index is 0.0567. The quantitative estimate of drug-likeness (QED) is 0.571. The van der Waals surface area contributed by atoms with Gasteiger partial charge in [0.1, 0.15) is 0 Å². The third-order valence-corrected chi connectivity index (χ3v) is 3.07. The van der Waals surface area contributed by atoms with E-state index in [0.29, 0.717) is 18.9 Å². The maximum atomic E-state index is 11.2. The average Bonchev–Trinajstić information content (AvgIpc) is 2.24. The highest BCUT2D eigenvalue weighted by atomic mass is 32.2. The number of hydrogen-bond donors (Lipinski definition) is 2. The smallest absolute Gasteiger partial charge is 0.229 e. The molecular formula is C10H21NO3S. The molecule has 1 atom stereocenters. The van der Waals surface area contributed by atoms with Crippen LogP contribution in [0.2, 0.25) is 0 Å². The van der Waals surface area contributed by atoms with Crippen LogP contribution in [0, 0.1) is 5.92 Å². The number of nitrogens with one attached hydrogen (secondary N) is 1. The summed E-state index contributed by atoms with van der Waals surface area (Å²) in [5, 5.41) is 11.6. The van der Waals surface area contributed by atoms with Crippen LogP contribution in [-0.2, 0) is 9.53 Å². The molecule has 1 amide bonds. The van der Waals surface area contributed by atoms with Crippen molar-refractivity contribution in [2.24, 2.45) is 5.92 Å². The number of thioether (sulfide) groups is 1. The van der Waals surface area contributed by atoms with E-state index in [1.54, 1.807) is 18.9 Å². The molecule has 0 saturated carbocycles. The first-order chi connectivity index (χ1) is 7.20. The minimum atomic E-state index is 0.0567. The number of aliphatic hydroxyl groups excluding tert-OH is 1. The summed E-state index contributed by atoms with van der Waals surface area (Å²) in [6.45, 7) is 3.49. The highest BCUT2D eigenvalue weighted by Gasteiger charge is 2.03. The summed E-state index contributed by atoms with van der Waals surface area (Å²) in [6, 6.07) is 0. The van der Waals surface area contributed by atoms with E-state index in [1.165, 1.54) is 0 Å². The van der Waals surface area contributed by atoms with Crippen LogP contribution in [0.4, 0.5) is 0 Å². The van der Waals surface area contributed by atoms with Crippen molar-refractivity contribution in [3.8, 4) is 0 Å². The molecular weight excluding hydrogens is 214 g/mol. The van der Waals surface area contributed by atoms with Gasteiger partial charge in [-0.25, -0.2) is 0 Å². The fourth-order valence-corrected chi connectivity index (χ4v) is 1.81. The average molecular weight is 235 g/mol. The molecule has 0 bridgehead atoms. The van der Waals surface area contributed by atoms with E-state index in [4.69, 9.17) is 9.84 Å². The van der Waals surface area contributed by atoms with Crippen LogP contribution in [0.25, 0.3) is 0 Å². The molecule has 4 nitrogen and oxygen atoms in total. The third kappa shape index (κ3) is 10.0. The first-order valence-corrected chi connectivity index (χ1v) is 6.30. The molecule has 0 fully saturated rings. The lowest BCUT2D eigenvalue weighted by Crippen LogP contribution is -2.27. The lowest BCUT2D eigenvalue weighted by Gasteiger charge is -2.07. The summed E-state index contributed by atoms with van der Waals surface area (Å²) < 4.78 is 4.87. The summed E-state index contributed by atoms with van der Waals surface area (Å²) in [6.07, 6.45) is 0.847. The van der Waals surface area contributed by atoms with Crippen molar-refractivity contribution < 1.29 is 14.6 Å². The number of carbonyl (C=O) groups is 1. The zero-order chi connectivity index (χ0) is 11.5. The molecule has 90 valence electrons. The monoisotopic (exact) mass is 235 g/mol. The molecule has 0 aromatic rings. The Morgan fingerprint density at radius 2 is 2.33 bits per heavy atom. The van der Waals surface area contributed by atoms with Crippen molar-refractivity contribution in [1.82, 2.24) is 5.32 Å². The number of rotatable bonds is 9. The fraction of sp³-hybridized carbons (Fsp3) is 0.900. The molecule has 5 heteroatoms. The third-order valence-electron chi connectivity index (χ3n) is 1.79. The number of ether oxygens (including phenoxy) is 1. The van der Waals surface area contributed by atoms with Gasteiger partial charge < -0.3 is 15.2 Å². The van der Waals surface area contributed by atoms with Crippen molar-refractivity contribution >= 4 is 17.7 Å². The zero-order valence-electron chi connectivity index (χ0n) is 9.49. The molecule has 0 aliphatic heterocycles. The van der Waals surface area contributed by atoms with Gasteiger partial charge in [0.05, 0.1) is 5.75 Å². The molecule has 0 saturated heterocycles. The standard InChI is InChI=1S/C10H21NO3S/c1-9(6-12)7-15-8-10(13)11-4-3-5-14-2/h9,12H,3-8H2,1-2H3,(H,11,13). The van der Waals surface area contributed by atoms with Gasteiger partial charge >= 0.3 is 0 Å². The topological polar surface area (TPSA) is 58.6 Å². The molecule has 0 aliphatic rings. The Kier molecular flexibility index (Phi) is 10.1. The molecule has 0 rings (SSSR count). The summed E-state index contributed by atoms with van der Waals surface area (Å²) in [5.41, 5.74) is 0. The van der Waals surface area contributed by atoms with E-state index in [1.807, 2.05) is 6.92 Å². The second kappa shape index (κ2) is 10.3. The fourth-order valence-electron chi connectivity index (χ4n) is 0.901. The van der Waals surface area contributed by atoms with Crippen LogP contribution in [0.1, 0.15) is 13.3 Å². The van der Waals surface area contributed by atoms with Gasteiger partial charge in [-0.1, -0.05) is 6.92 Å². The van der Waals surface area contributed by atoms with Gasteiger partial charge in [0.2, 0.25) is 5.91 Å². The Morgan fingerprint density at radius 1 is 1.60 bits per heavy atom. The van der Waals surface area contributed by atoms with Crippen LogP contribution in [0.5, 0.6) is 0 Å². The Bertz CT molecular complexity index is 167. The predicted octanol–water partition coefficient (Wildman–Crippen LogP) is 0.501. The predicted molar refractivity (Wildman–Crippen MR) is 63.1 cm³/mol. The summed E-state index contributed by atoms with van der Waals surface area (Å²) in [7, 11) is 1.65. The molecule has 0 spiro atoms. The van der Waals surface area contributed by atoms with Crippen LogP contribution in [-0.4, -0.2) is 49.4 Å². The molecule has 0 aromatic heterocycles. The van der Waals surface area contributed by atoms with Crippen molar-refractivity contribution in [1.29, 1.82) is 0 Å². The van der Waals surface area contributed by atoms with Crippen molar-refractivity contribution in [3.05, 3.63) is 0 Å². The molecule has 15 heavy (non-hydrogen) atoms. The van der Waals surface area contributed by atoms with Crippen LogP contribution < -0.4 is 5.32 Å². The maximum absolute atomic E-state index is 11.2. The van der Waals surface area contributed by atoms with Crippen LogP contribution in [0.15, 0.2) is 0 Å². The van der Waals surface area contributed by atoms with Gasteiger partial charge in [-0.3, -0.25) is 4.79 Å². The lowest BCUT2D eigenvalue weighted by atomic mass is 10.2. The molecule has 0 aliphatic carbocycles. The molecule has 1 unspecified atom stereocenters. The van der Waals surface area contributed by atoms with Crippen molar-refractivity contribution in [2.45, 2.75) is 13.3 Å². The van der Waals surface area contributed by atoms with Crippen LogP contribution in [0.3, 0.4) is 0 Å². The number of hydrogen-bond acceptors (Lipinski definition) is 4. The van der Waals surface area contributed by atoms with Crippen molar-refractivity contribution in [3.63, 3.8) is 0 Å². The second-order valence-electron chi connectivity index (χ2n) is 3.50. The Morgan fingerprint density at radius 3 is 2.93 bits per heavy atom. The highest BCUT2D eigenvalue weighted by Crippen LogP contribution is 2.06. The van der Waals surface area contributed by atoms with E-state index in [0.717, 1.165) is 12.2 Å². The first-order valence-electron chi connectivity index (χ1n) is 5.15. The van der Waals surface area contributed by atoms with Gasteiger partial charge in [0.15, 0.2) is 0 Å². The Balaban J connectivity index is 3.26. The normalized spacial score (nSPS) is 12.5. The molecule has 0 aromatic carbocycles. The number of carbonyl (C=O) groups excluding carboxylic acids is 1. The SMILES string of the molecule is COCCCNC(=O)CSCC(C)CO. The number of aliphatic hydroxyl groups is 1. The summed E-state index contributed by atoms with van der Waals surface area (Å²) >= 11 is 1.55. The van der Waals surface area contributed by atoms with E-state index >= 15 is 0 Å². The van der Waals surface area contributed by atoms with E-state index in [9.17, 15) is 4.79 Å². The van der Waals surface area contributed by atoms with E-state index in [-0.39, 0.29) is 18.4 Å². The highest BCUT2D eigenvalue weighted by molar-refractivity contribution is 7.99. The Labute approximate surface area is 95.8 Å². The molecule has 0 heterocycles. The summed E-state index contributed by atoms with van der Waals surface area (Å²) in [4.78, 5) is 11.2. The number of methoxy groups -OCH3 is 1. The first kappa shape index (κ1) is 14.7. The van der Waals surface area contributed by atoms with E-state index in [2.05, 4.69) is 5.32 Å². The number of amides is 1. The van der Waals surface area contributed by atoms with Gasteiger partial charge in [-0.2, -0.15) is 11.8 Å². The largest absolute Gasteiger partial charge is 0.396 e. The second-order valence-corrected chi connectivity index (χ2v) is 4.53. The lowest BCUT2D eigenvalue weighted by molar-refractivity contribution is -0.118. The van der Waals surface area contributed by atoms with Gasteiger partial charge in [0, 0.05) is 26.9 Å². The van der Waals surface area contributed by atoms with Gasteiger partial charge in [-0.05, 0) is 18.1 Å². The minimum Gasteiger partial charge on any atom is -0.396 e. The Hall–Kier alpha value is -0.260. The van der Waals surface area contributed by atoms with E-state index < -0.39 is 0 Å². The molecule has 2 N–H and O–H groups in total. The van der Waals surface area contributed by atoms with Gasteiger partial charge in [-0.15, -0.1) is 0 Å².